The Morgan fingerprint density at radius 1 is 0.960 bits per heavy atom. The van der Waals surface area contributed by atoms with Crippen molar-refractivity contribution in [1.82, 2.24) is 14.2 Å². The number of carbonyl (C=O) groups excluding carboxylic acids is 1. The van der Waals surface area contributed by atoms with Gasteiger partial charge in [0.25, 0.3) is 0 Å². The molecule has 1 aliphatic heterocycles. The largest absolute Gasteiger partial charge is 0.493 e. The molecule has 1 saturated heterocycles. The number of carbonyl (C=O) groups is 1. The number of benzene rings is 4. The number of ether oxygens (including phenoxy) is 2. The molecule has 1 aromatic heterocycles. The highest BCUT2D eigenvalue weighted by Crippen LogP contribution is 2.37. The summed E-state index contributed by atoms with van der Waals surface area (Å²) < 4.78 is 42.5. The van der Waals surface area contributed by atoms with Gasteiger partial charge in [-0.2, -0.15) is 0 Å². The Morgan fingerprint density at radius 3 is 2.26 bits per heavy atom. The summed E-state index contributed by atoms with van der Waals surface area (Å²) in [6.45, 7) is 2.11. The fourth-order valence-corrected chi connectivity index (χ4v) is 7.98. The molecule has 0 spiro atoms. The highest BCUT2D eigenvalue weighted by Gasteiger charge is 2.26. The van der Waals surface area contributed by atoms with Crippen molar-refractivity contribution in [3.8, 4) is 5.75 Å². The second-order valence-electron chi connectivity index (χ2n) is 12.5. The van der Waals surface area contributed by atoms with Crippen LogP contribution in [0.4, 0.5) is 0 Å². The Labute approximate surface area is 298 Å². The molecule has 0 amide bonds. The summed E-state index contributed by atoms with van der Waals surface area (Å²) in [5, 5.41) is 11.4. The third kappa shape index (κ3) is 8.57. The number of β-amino-alcohol motifs (C(OH)–C–C–N with tert-alkyl or cyclic N) is 1. The van der Waals surface area contributed by atoms with E-state index in [0.29, 0.717) is 61.8 Å². The van der Waals surface area contributed by atoms with Crippen LogP contribution >= 0.6 is 11.6 Å². The standard InChI is InChI=1S/C39H42ClN3O6S/c1-48-39(45)30-12-15-33(16-13-30)49-24-20-34-35-26-31(40)14-17-36(35)43(38(28-8-4-2-5-9-28)29-10-6-3-7-11-29)37(34)18-21-41-50(46,47)25-23-42-22-19-32(44)27-42/h2-17,26,32,38,41,44H,18-25,27H2,1H3. The van der Waals surface area contributed by atoms with Gasteiger partial charge < -0.3 is 19.1 Å². The molecule has 0 saturated carbocycles. The van der Waals surface area contributed by atoms with Crippen LogP contribution in [0.25, 0.3) is 10.9 Å². The van der Waals surface area contributed by atoms with Crippen LogP contribution in [0.15, 0.2) is 103 Å². The monoisotopic (exact) mass is 715 g/mol. The number of methoxy groups -OCH3 is 1. The van der Waals surface area contributed by atoms with E-state index in [2.05, 4.69) is 33.6 Å². The summed E-state index contributed by atoms with van der Waals surface area (Å²) in [6.07, 6.45) is 1.22. The van der Waals surface area contributed by atoms with E-state index in [1.165, 1.54) is 7.11 Å². The van der Waals surface area contributed by atoms with Gasteiger partial charge >= 0.3 is 5.97 Å². The minimum atomic E-state index is -3.57. The van der Waals surface area contributed by atoms with E-state index in [4.69, 9.17) is 21.1 Å². The predicted octanol–water partition coefficient (Wildman–Crippen LogP) is 5.87. The Morgan fingerprint density at radius 2 is 1.64 bits per heavy atom. The zero-order valence-corrected chi connectivity index (χ0v) is 29.6. The number of aliphatic hydroxyl groups is 1. The molecule has 11 heteroatoms. The smallest absolute Gasteiger partial charge is 0.337 e. The quantitative estimate of drug-likeness (QED) is 0.131. The lowest BCUT2D eigenvalue weighted by Gasteiger charge is -2.25. The first-order valence-electron chi connectivity index (χ1n) is 16.8. The van der Waals surface area contributed by atoms with Gasteiger partial charge in [-0.15, -0.1) is 0 Å². The summed E-state index contributed by atoms with van der Waals surface area (Å²) in [6, 6.07) is 33.1. The number of sulfonamides is 1. The van der Waals surface area contributed by atoms with Crippen LogP contribution in [0.3, 0.4) is 0 Å². The number of rotatable bonds is 15. The second kappa shape index (κ2) is 16.2. The summed E-state index contributed by atoms with van der Waals surface area (Å²) >= 11 is 6.62. The van der Waals surface area contributed by atoms with Gasteiger partial charge in [0.2, 0.25) is 10.0 Å². The Balaban J connectivity index is 1.35. The van der Waals surface area contributed by atoms with Crippen LogP contribution in [0.2, 0.25) is 5.02 Å². The fourth-order valence-electron chi connectivity index (χ4n) is 6.75. The zero-order valence-electron chi connectivity index (χ0n) is 28.0. The zero-order chi connectivity index (χ0) is 35.1. The number of nitrogens with one attached hydrogen (secondary N) is 1. The average Bonchev–Trinajstić information content (AvgIpc) is 3.68. The van der Waals surface area contributed by atoms with Crippen molar-refractivity contribution in [2.45, 2.75) is 31.4 Å². The van der Waals surface area contributed by atoms with Gasteiger partial charge in [-0.1, -0.05) is 72.3 Å². The van der Waals surface area contributed by atoms with Crippen LogP contribution in [0.5, 0.6) is 5.75 Å². The highest BCUT2D eigenvalue weighted by molar-refractivity contribution is 7.89. The van der Waals surface area contributed by atoms with E-state index in [1.54, 1.807) is 24.3 Å². The maximum atomic E-state index is 13.2. The third-order valence-electron chi connectivity index (χ3n) is 9.17. The van der Waals surface area contributed by atoms with E-state index in [1.807, 2.05) is 59.5 Å². The maximum absolute atomic E-state index is 13.2. The van der Waals surface area contributed by atoms with E-state index in [9.17, 15) is 18.3 Å². The van der Waals surface area contributed by atoms with E-state index >= 15 is 0 Å². The topological polar surface area (TPSA) is 110 Å². The molecule has 9 nitrogen and oxygen atoms in total. The Hall–Kier alpha value is -4.19. The van der Waals surface area contributed by atoms with Crippen molar-refractivity contribution in [3.63, 3.8) is 0 Å². The molecule has 1 atom stereocenters. The van der Waals surface area contributed by atoms with Crippen LogP contribution in [-0.2, 0) is 27.6 Å². The molecule has 1 aliphatic rings. The van der Waals surface area contributed by atoms with Crippen molar-refractivity contribution < 1.29 is 27.8 Å². The lowest BCUT2D eigenvalue weighted by Crippen LogP contribution is -2.35. The van der Waals surface area contributed by atoms with E-state index in [0.717, 1.165) is 33.3 Å². The number of nitrogens with zero attached hydrogens (tertiary/aromatic N) is 2. The number of hydrogen-bond acceptors (Lipinski definition) is 7. The second-order valence-corrected chi connectivity index (χ2v) is 14.9. The molecule has 6 rings (SSSR count). The van der Waals surface area contributed by atoms with Crippen molar-refractivity contribution in [1.29, 1.82) is 0 Å². The molecule has 1 fully saturated rings. The van der Waals surface area contributed by atoms with Crippen molar-refractivity contribution in [2.24, 2.45) is 0 Å². The molecule has 50 heavy (non-hydrogen) atoms. The van der Waals surface area contributed by atoms with E-state index < -0.39 is 22.1 Å². The first-order chi connectivity index (χ1) is 24.2. The molecular weight excluding hydrogens is 674 g/mol. The summed E-state index contributed by atoms with van der Waals surface area (Å²) in [5.41, 5.74) is 5.61. The van der Waals surface area contributed by atoms with Crippen LogP contribution < -0.4 is 9.46 Å². The first-order valence-corrected chi connectivity index (χ1v) is 18.9. The third-order valence-corrected chi connectivity index (χ3v) is 10.8. The molecule has 0 radical (unpaired) electrons. The molecule has 262 valence electrons. The summed E-state index contributed by atoms with van der Waals surface area (Å²) in [7, 11) is -2.22. The molecule has 0 aliphatic carbocycles. The van der Waals surface area contributed by atoms with Gasteiger partial charge in [-0.3, -0.25) is 4.90 Å². The summed E-state index contributed by atoms with van der Waals surface area (Å²) in [5.74, 6) is 0.165. The Bertz CT molecular complexity index is 1960. The molecular formula is C39H42ClN3O6S. The molecule has 2 N–H and O–H groups in total. The number of aliphatic hydroxyl groups excluding tert-OH is 1. The van der Waals surface area contributed by atoms with Gasteiger partial charge in [-0.25, -0.2) is 17.9 Å². The Kier molecular flexibility index (Phi) is 11.6. The highest BCUT2D eigenvalue weighted by atomic mass is 35.5. The maximum Gasteiger partial charge on any atom is 0.337 e. The molecule has 1 unspecified atom stereocenters. The lowest BCUT2D eigenvalue weighted by molar-refractivity contribution is 0.0600. The fraction of sp³-hybridized carbons (Fsp3) is 0.308. The molecule has 5 aromatic rings. The number of esters is 1. The van der Waals surface area contributed by atoms with Crippen LogP contribution in [0.1, 0.15) is 45.2 Å². The van der Waals surface area contributed by atoms with Gasteiger partial charge in [0, 0.05) is 60.6 Å². The molecule has 2 heterocycles. The minimum Gasteiger partial charge on any atom is -0.493 e. The normalized spacial score (nSPS) is 15.2. The average molecular weight is 716 g/mol. The van der Waals surface area contributed by atoms with Gasteiger partial charge in [0.05, 0.1) is 37.2 Å². The number of aromatic nitrogens is 1. The first kappa shape index (κ1) is 35.6. The van der Waals surface area contributed by atoms with Crippen molar-refractivity contribution in [3.05, 3.63) is 136 Å². The molecule has 0 bridgehead atoms. The van der Waals surface area contributed by atoms with Crippen LogP contribution in [0, 0.1) is 0 Å². The van der Waals surface area contributed by atoms with Crippen LogP contribution in [-0.4, -0.2) is 80.7 Å². The van der Waals surface area contributed by atoms with Crippen molar-refractivity contribution in [2.75, 3.05) is 45.6 Å². The number of fused-ring (bicyclic) bond motifs is 1. The minimum absolute atomic E-state index is 0.0373. The molecule has 4 aromatic carbocycles. The number of likely N-dealkylation sites (tertiary alicyclic amines) is 1. The lowest BCUT2D eigenvalue weighted by atomic mass is 9.97. The van der Waals surface area contributed by atoms with E-state index in [-0.39, 0.29) is 18.3 Å². The summed E-state index contributed by atoms with van der Waals surface area (Å²) in [4.78, 5) is 13.9. The number of hydrogen-bond donors (Lipinski definition) is 2. The number of halogens is 1. The van der Waals surface area contributed by atoms with Gasteiger partial charge in [0.15, 0.2) is 0 Å². The van der Waals surface area contributed by atoms with Crippen molar-refractivity contribution >= 4 is 38.5 Å². The van der Waals surface area contributed by atoms with Gasteiger partial charge in [0.1, 0.15) is 5.75 Å². The SMILES string of the molecule is COC(=O)c1ccc(OCCc2c(CCNS(=O)(=O)CCN3CCC(O)C3)n(C(c3ccccc3)c3ccccc3)c3ccc(Cl)cc23)cc1. The predicted molar refractivity (Wildman–Crippen MR) is 197 cm³/mol. The van der Waals surface area contributed by atoms with Gasteiger partial charge in [-0.05, 0) is 65.6 Å².